The van der Waals surface area contributed by atoms with Gasteiger partial charge < -0.3 is 10.2 Å². The van der Waals surface area contributed by atoms with Crippen molar-refractivity contribution in [3.05, 3.63) is 59.2 Å². The van der Waals surface area contributed by atoms with Crippen LogP contribution in [0.5, 0.6) is 0 Å². The molecule has 0 unspecified atom stereocenters. The molecule has 0 aliphatic carbocycles. The molecule has 2 nitrogen and oxygen atoms in total. The molecule has 2 aromatic rings. The largest absolute Gasteiger partial charge is 0.345 e. The number of hydrogen-bond acceptors (Lipinski definition) is 2. The molecule has 0 bridgehead atoms. The molecule has 2 heteroatoms. The maximum absolute atomic E-state index is 3.40. The van der Waals surface area contributed by atoms with Gasteiger partial charge in [-0.1, -0.05) is 32.0 Å². The van der Waals surface area contributed by atoms with Crippen LogP contribution >= 0.6 is 0 Å². The predicted molar refractivity (Wildman–Crippen MR) is 85.6 cm³/mol. The van der Waals surface area contributed by atoms with Crippen molar-refractivity contribution in [3.63, 3.8) is 0 Å². The fraction of sp³-hybridized carbons (Fsp3) is 0.333. The minimum atomic E-state index is 0.584. The third kappa shape index (κ3) is 2.44. The summed E-state index contributed by atoms with van der Waals surface area (Å²) in [6, 6.07) is 15.6. The number of anilines is 2. The number of benzene rings is 2. The lowest BCUT2D eigenvalue weighted by Gasteiger charge is -2.21. The summed E-state index contributed by atoms with van der Waals surface area (Å²) in [5.74, 6) is 0.584. The van der Waals surface area contributed by atoms with E-state index < -0.39 is 0 Å². The van der Waals surface area contributed by atoms with Crippen molar-refractivity contribution in [2.75, 3.05) is 11.9 Å². The van der Waals surface area contributed by atoms with Crippen LogP contribution in [-0.2, 0) is 13.1 Å². The minimum Gasteiger partial charge on any atom is -0.345 e. The van der Waals surface area contributed by atoms with Crippen LogP contribution in [0.2, 0.25) is 0 Å². The molecule has 0 saturated heterocycles. The predicted octanol–water partition coefficient (Wildman–Crippen LogP) is 4.18. The van der Waals surface area contributed by atoms with Crippen LogP contribution in [0.25, 0.3) is 0 Å². The lowest BCUT2D eigenvalue weighted by Crippen LogP contribution is -2.09. The van der Waals surface area contributed by atoms with Crippen molar-refractivity contribution >= 4 is 11.4 Å². The van der Waals surface area contributed by atoms with Crippen LogP contribution < -0.4 is 10.2 Å². The first-order valence-corrected chi connectivity index (χ1v) is 7.31. The van der Waals surface area contributed by atoms with Crippen molar-refractivity contribution < 1.29 is 0 Å². The van der Waals surface area contributed by atoms with E-state index in [0.29, 0.717) is 5.92 Å². The summed E-state index contributed by atoms with van der Waals surface area (Å²) >= 11 is 0. The quantitative estimate of drug-likeness (QED) is 0.896. The summed E-state index contributed by atoms with van der Waals surface area (Å²) in [6.45, 7) is 6.45. The van der Waals surface area contributed by atoms with Gasteiger partial charge >= 0.3 is 0 Å². The molecule has 1 aliphatic rings. The smallest absolute Gasteiger partial charge is 0.0411 e. The van der Waals surface area contributed by atoms with Gasteiger partial charge in [0, 0.05) is 31.5 Å². The van der Waals surface area contributed by atoms with Crippen LogP contribution in [0, 0.1) is 0 Å². The lowest BCUT2D eigenvalue weighted by molar-refractivity contribution is 0.765. The molecule has 0 radical (unpaired) electrons. The van der Waals surface area contributed by atoms with E-state index in [1.54, 1.807) is 0 Å². The Morgan fingerprint density at radius 1 is 0.900 bits per heavy atom. The van der Waals surface area contributed by atoms with Crippen LogP contribution in [0.15, 0.2) is 42.5 Å². The van der Waals surface area contributed by atoms with Gasteiger partial charge in [-0.3, -0.25) is 0 Å². The zero-order chi connectivity index (χ0) is 14.1. The molecule has 3 rings (SSSR count). The van der Waals surface area contributed by atoms with Gasteiger partial charge in [0.1, 0.15) is 0 Å². The van der Waals surface area contributed by atoms with Crippen molar-refractivity contribution in [1.29, 1.82) is 0 Å². The Kier molecular flexibility index (Phi) is 3.49. The standard InChI is InChI=1S/C18H22N2/c1-13(2)14-4-7-17(8-5-14)20(3)18-9-6-15-11-19-12-16(15)10-18/h4-10,13,19H,11-12H2,1-3H3. The molecule has 20 heavy (non-hydrogen) atoms. The van der Waals surface area contributed by atoms with Crippen LogP contribution in [0.4, 0.5) is 11.4 Å². The van der Waals surface area contributed by atoms with E-state index in [1.807, 2.05) is 0 Å². The van der Waals surface area contributed by atoms with E-state index in [0.717, 1.165) is 13.1 Å². The number of rotatable bonds is 3. The maximum atomic E-state index is 3.40. The number of nitrogens with zero attached hydrogens (tertiary/aromatic N) is 1. The fourth-order valence-corrected chi connectivity index (χ4v) is 2.72. The van der Waals surface area contributed by atoms with Crippen LogP contribution in [0.3, 0.4) is 0 Å². The summed E-state index contributed by atoms with van der Waals surface area (Å²) in [7, 11) is 2.13. The third-order valence-electron chi connectivity index (χ3n) is 4.16. The van der Waals surface area contributed by atoms with E-state index in [9.17, 15) is 0 Å². The van der Waals surface area contributed by atoms with Crippen molar-refractivity contribution in [3.8, 4) is 0 Å². The zero-order valence-corrected chi connectivity index (χ0v) is 12.5. The van der Waals surface area contributed by atoms with Crippen LogP contribution in [0.1, 0.15) is 36.5 Å². The SMILES string of the molecule is CC(C)c1ccc(N(C)c2ccc3c(c2)CNC3)cc1. The number of nitrogens with one attached hydrogen (secondary N) is 1. The second-order valence-corrected chi connectivity index (χ2v) is 5.86. The van der Waals surface area contributed by atoms with E-state index in [2.05, 4.69) is 73.6 Å². The molecule has 0 spiro atoms. The summed E-state index contributed by atoms with van der Waals surface area (Å²) in [5.41, 5.74) is 6.73. The van der Waals surface area contributed by atoms with Crippen molar-refractivity contribution in [2.45, 2.75) is 32.9 Å². The van der Waals surface area contributed by atoms with Gasteiger partial charge in [-0.05, 0) is 46.9 Å². The summed E-state index contributed by atoms with van der Waals surface area (Å²) in [6.07, 6.45) is 0. The lowest BCUT2D eigenvalue weighted by atomic mass is 10.0. The Bertz CT molecular complexity index is 599. The van der Waals surface area contributed by atoms with Gasteiger partial charge in [-0.2, -0.15) is 0 Å². The van der Waals surface area contributed by atoms with Gasteiger partial charge in [-0.25, -0.2) is 0 Å². The van der Waals surface area contributed by atoms with Crippen LogP contribution in [-0.4, -0.2) is 7.05 Å². The second-order valence-electron chi connectivity index (χ2n) is 5.86. The molecule has 0 saturated carbocycles. The van der Waals surface area contributed by atoms with Crippen molar-refractivity contribution in [1.82, 2.24) is 5.32 Å². The topological polar surface area (TPSA) is 15.3 Å². The van der Waals surface area contributed by atoms with Gasteiger partial charge in [-0.15, -0.1) is 0 Å². The molecule has 1 aliphatic heterocycles. The normalized spacial score (nSPS) is 13.6. The first-order chi connectivity index (χ1) is 9.65. The molecular formula is C18H22N2. The molecule has 0 aromatic heterocycles. The first kappa shape index (κ1) is 13.2. The van der Waals surface area contributed by atoms with E-state index in [1.165, 1.54) is 28.1 Å². The Hall–Kier alpha value is -1.80. The highest BCUT2D eigenvalue weighted by molar-refractivity contribution is 5.64. The average Bonchev–Trinajstić information content (AvgIpc) is 2.94. The summed E-state index contributed by atoms with van der Waals surface area (Å²) < 4.78 is 0. The summed E-state index contributed by atoms with van der Waals surface area (Å²) in [4.78, 5) is 2.25. The summed E-state index contributed by atoms with van der Waals surface area (Å²) in [5, 5.41) is 3.40. The zero-order valence-electron chi connectivity index (χ0n) is 12.5. The Balaban J connectivity index is 1.86. The van der Waals surface area contributed by atoms with E-state index in [4.69, 9.17) is 0 Å². The molecule has 0 fully saturated rings. The maximum Gasteiger partial charge on any atom is 0.0411 e. The molecule has 2 aromatic carbocycles. The third-order valence-corrected chi connectivity index (χ3v) is 4.16. The average molecular weight is 266 g/mol. The van der Waals surface area contributed by atoms with Crippen molar-refractivity contribution in [2.24, 2.45) is 0 Å². The molecular weight excluding hydrogens is 244 g/mol. The van der Waals surface area contributed by atoms with Gasteiger partial charge in [0.05, 0.1) is 0 Å². The fourth-order valence-electron chi connectivity index (χ4n) is 2.72. The highest BCUT2D eigenvalue weighted by Crippen LogP contribution is 2.28. The van der Waals surface area contributed by atoms with Gasteiger partial charge in [0.15, 0.2) is 0 Å². The molecule has 1 heterocycles. The van der Waals surface area contributed by atoms with E-state index >= 15 is 0 Å². The first-order valence-electron chi connectivity index (χ1n) is 7.31. The molecule has 0 amide bonds. The Labute approximate surface area is 121 Å². The monoisotopic (exact) mass is 266 g/mol. The highest BCUT2D eigenvalue weighted by Gasteiger charge is 2.12. The molecule has 1 N–H and O–H groups in total. The molecule has 104 valence electrons. The Morgan fingerprint density at radius 2 is 1.55 bits per heavy atom. The van der Waals surface area contributed by atoms with E-state index in [-0.39, 0.29) is 0 Å². The molecule has 0 atom stereocenters. The highest BCUT2D eigenvalue weighted by atomic mass is 15.1. The van der Waals surface area contributed by atoms with Gasteiger partial charge in [0.2, 0.25) is 0 Å². The minimum absolute atomic E-state index is 0.584. The Morgan fingerprint density at radius 3 is 2.25 bits per heavy atom. The second kappa shape index (κ2) is 5.29. The number of hydrogen-bond donors (Lipinski definition) is 1. The van der Waals surface area contributed by atoms with Gasteiger partial charge in [0.25, 0.3) is 0 Å². The number of fused-ring (bicyclic) bond motifs is 1.